The van der Waals surface area contributed by atoms with Crippen molar-refractivity contribution in [3.05, 3.63) is 59.4 Å². The van der Waals surface area contributed by atoms with Gasteiger partial charge in [-0.1, -0.05) is 24.3 Å². The van der Waals surface area contributed by atoms with Gasteiger partial charge in [-0.15, -0.1) is 0 Å². The van der Waals surface area contributed by atoms with Crippen LogP contribution >= 0.6 is 0 Å². The Morgan fingerprint density at radius 1 is 1.20 bits per heavy atom. The van der Waals surface area contributed by atoms with E-state index in [0.717, 1.165) is 0 Å². The fourth-order valence-corrected chi connectivity index (χ4v) is 2.47. The fraction of sp³-hybridized carbons (Fsp3) is 0.133. The molecule has 0 saturated carbocycles. The maximum absolute atomic E-state index is 14.2. The second-order valence-corrected chi connectivity index (χ2v) is 4.64. The maximum atomic E-state index is 14.2. The van der Waals surface area contributed by atoms with Crippen LogP contribution < -0.4 is 10.5 Å². The third-order valence-electron chi connectivity index (χ3n) is 3.45. The third-order valence-corrected chi connectivity index (χ3v) is 3.45. The van der Waals surface area contributed by atoms with E-state index in [-0.39, 0.29) is 0 Å². The third kappa shape index (κ3) is 1.79. The van der Waals surface area contributed by atoms with Crippen molar-refractivity contribution in [2.75, 3.05) is 7.05 Å². The second-order valence-electron chi connectivity index (χ2n) is 4.64. The quantitative estimate of drug-likeness (QED) is 0.867. The van der Waals surface area contributed by atoms with Crippen LogP contribution in [0.3, 0.4) is 0 Å². The standard InChI is InChI=1S/C15H13FN2O2/c1-18(15(17)19)14-9-5-2-3-7-11(9)20-12-8-4-6-10(16)13(12)14/h2-8,14H,1H3,(H2,17,19). The Bertz CT molecular complexity index is 687. The lowest BCUT2D eigenvalue weighted by Gasteiger charge is -2.33. The Morgan fingerprint density at radius 3 is 2.65 bits per heavy atom. The molecule has 1 aliphatic rings. The zero-order chi connectivity index (χ0) is 14.3. The number of nitrogens with two attached hydrogens (primary N) is 1. The normalized spacial score (nSPS) is 15.8. The van der Waals surface area contributed by atoms with Crippen LogP contribution in [0.5, 0.6) is 11.5 Å². The average molecular weight is 272 g/mol. The van der Waals surface area contributed by atoms with E-state index in [1.165, 1.54) is 11.0 Å². The first kappa shape index (κ1) is 12.5. The first-order valence-electron chi connectivity index (χ1n) is 6.17. The minimum atomic E-state index is -0.624. The van der Waals surface area contributed by atoms with Gasteiger partial charge in [-0.3, -0.25) is 0 Å². The molecule has 5 heteroatoms. The van der Waals surface area contributed by atoms with Crippen molar-refractivity contribution in [1.82, 2.24) is 4.90 Å². The Kier molecular flexibility index (Phi) is 2.82. The van der Waals surface area contributed by atoms with E-state index in [0.29, 0.717) is 22.6 Å². The van der Waals surface area contributed by atoms with Crippen molar-refractivity contribution in [2.45, 2.75) is 6.04 Å². The van der Waals surface area contributed by atoms with Gasteiger partial charge in [0, 0.05) is 12.6 Å². The smallest absolute Gasteiger partial charge is 0.315 e. The lowest BCUT2D eigenvalue weighted by molar-refractivity contribution is 0.204. The summed E-state index contributed by atoms with van der Waals surface area (Å²) in [5.74, 6) is 0.584. The molecule has 1 heterocycles. The number of carbonyl (C=O) groups excluding carboxylic acids is 1. The number of fused-ring (bicyclic) bond motifs is 2. The summed E-state index contributed by atoms with van der Waals surface area (Å²) in [4.78, 5) is 12.8. The highest BCUT2D eigenvalue weighted by Crippen LogP contribution is 2.45. The second kappa shape index (κ2) is 4.52. The topological polar surface area (TPSA) is 55.6 Å². The van der Waals surface area contributed by atoms with Gasteiger partial charge in [-0.2, -0.15) is 0 Å². The van der Waals surface area contributed by atoms with E-state index >= 15 is 0 Å². The van der Waals surface area contributed by atoms with Gasteiger partial charge < -0.3 is 15.4 Å². The van der Waals surface area contributed by atoms with Gasteiger partial charge in [0.05, 0.1) is 11.6 Å². The van der Waals surface area contributed by atoms with Crippen LogP contribution in [0.1, 0.15) is 17.2 Å². The summed E-state index contributed by atoms with van der Waals surface area (Å²) in [5, 5.41) is 0. The number of hydrogen-bond donors (Lipinski definition) is 1. The molecule has 102 valence electrons. The summed E-state index contributed by atoms with van der Waals surface area (Å²) < 4.78 is 19.9. The average Bonchev–Trinajstić information content (AvgIpc) is 2.44. The number of amides is 2. The van der Waals surface area contributed by atoms with E-state index < -0.39 is 17.9 Å². The van der Waals surface area contributed by atoms with Gasteiger partial charge in [0.1, 0.15) is 17.3 Å². The van der Waals surface area contributed by atoms with Crippen LogP contribution in [0.4, 0.5) is 9.18 Å². The summed E-state index contributed by atoms with van der Waals surface area (Å²) >= 11 is 0. The molecule has 1 atom stereocenters. The number of primary amides is 1. The van der Waals surface area contributed by atoms with Gasteiger partial charge in [0.25, 0.3) is 0 Å². The molecule has 0 saturated heterocycles. The zero-order valence-electron chi connectivity index (χ0n) is 10.8. The van der Waals surface area contributed by atoms with E-state index in [9.17, 15) is 9.18 Å². The molecule has 2 N–H and O–H groups in total. The minimum absolute atomic E-state index is 0.326. The van der Waals surface area contributed by atoms with E-state index in [4.69, 9.17) is 10.5 Å². The van der Waals surface area contributed by atoms with Gasteiger partial charge in [-0.05, 0) is 18.2 Å². The van der Waals surface area contributed by atoms with Crippen LogP contribution in [0.2, 0.25) is 0 Å². The predicted octanol–water partition coefficient (Wildman–Crippen LogP) is 3.03. The van der Waals surface area contributed by atoms with Crippen molar-refractivity contribution in [3.63, 3.8) is 0 Å². The molecule has 0 fully saturated rings. The Morgan fingerprint density at radius 2 is 1.90 bits per heavy atom. The lowest BCUT2D eigenvalue weighted by Crippen LogP contribution is -2.37. The molecule has 2 aromatic carbocycles. The van der Waals surface area contributed by atoms with E-state index in [1.54, 1.807) is 31.3 Å². The molecule has 0 aliphatic carbocycles. The van der Waals surface area contributed by atoms with Crippen LogP contribution in [0.15, 0.2) is 42.5 Å². The lowest BCUT2D eigenvalue weighted by atomic mass is 9.93. The van der Waals surface area contributed by atoms with Crippen LogP contribution in [0.25, 0.3) is 0 Å². The van der Waals surface area contributed by atoms with Gasteiger partial charge in [-0.25, -0.2) is 9.18 Å². The molecular formula is C15H13FN2O2. The minimum Gasteiger partial charge on any atom is -0.456 e. The van der Waals surface area contributed by atoms with E-state index in [2.05, 4.69) is 0 Å². The van der Waals surface area contributed by atoms with Crippen LogP contribution in [0, 0.1) is 5.82 Å². The molecule has 0 spiro atoms. The predicted molar refractivity (Wildman–Crippen MR) is 72.1 cm³/mol. The van der Waals surface area contributed by atoms with Crippen LogP contribution in [-0.2, 0) is 0 Å². The first-order chi connectivity index (χ1) is 9.59. The largest absolute Gasteiger partial charge is 0.456 e. The summed E-state index contributed by atoms with van der Waals surface area (Å²) in [7, 11) is 1.55. The highest BCUT2D eigenvalue weighted by atomic mass is 19.1. The molecule has 1 unspecified atom stereocenters. The number of carbonyl (C=O) groups is 1. The highest BCUT2D eigenvalue weighted by Gasteiger charge is 2.33. The van der Waals surface area contributed by atoms with Crippen molar-refractivity contribution < 1.29 is 13.9 Å². The number of rotatable bonds is 1. The van der Waals surface area contributed by atoms with Crippen molar-refractivity contribution >= 4 is 6.03 Å². The monoisotopic (exact) mass is 272 g/mol. The molecule has 4 nitrogen and oxygen atoms in total. The van der Waals surface area contributed by atoms with Crippen LogP contribution in [-0.4, -0.2) is 18.0 Å². The Balaban J connectivity index is 2.24. The summed E-state index contributed by atoms with van der Waals surface area (Å²) in [5.41, 5.74) is 6.40. The number of para-hydroxylation sites is 1. The number of halogens is 1. The molecule has 2 aromatic rings. The molecule has 3 rings (SSSR count). The molecular weight excluding hydrogens is 259 g/mol. The highest BCUT2D eigenvalue weighted by molar-refractivity contribution is 5.74. The number of hydrogen-bond acceptors (Lipinski definition) is 2. The van der Waals surface area contributed by atoms with Crippen molar-refractivity contribution in [2.24, 2.45) is 5.73 Å². The number of nitrogens with zero attached hydrogens (tertiary/aromatic N) is 1. The van der Waals surface area contributed by atoms with E-state index in [1.807, 2.05) is 12.1 Å². The Hall–Kier alpha value is -2.56. The SMILES string of the molecule is CN(C(N)=O)C1c2ccccc2Oc2cccc(F)c21. The molecule has 0 aromatic heterocycles. The van der Waals surface area contributed by atoms with Crippen molar-refractivity contribution in [3.8, 4) is 11.5 Å². The summed E-state index contributed by atoms with van der Waals surface area (Å²) in [6.45, 7) is 0. The van der Waals surface area contributed by atoms with Gasteiger partial charge in [0.15, 0.2) is 0 Å². The maximum Gasteiger partial charge on any atom is 0.315 e. The summed E-state index contributed by atoms with van der Waals surface area (Å²) in [6.07, 6.45) is 0. The first-order valence-corrected chi connectivity index (χ1v) is 6.17. The number of ether oxygens (including phenoxy) is 1. The molecule has 0 bridgehead atoms. The molecule has 20 heavy (non-hydrogen) atoms. The van der Waals surface area contributed by atoms with Gasteiger partial charge >= 0.3 is 6.03 Å². The summed E-state index contributed by atoms with van der Waals surface area (Å²) in [6, 6.07) is 10.6. The number of benzene rings is 2. The number of urea groups is 1. The molecule has 0 radical (unpaired) electrons. The molecule has 1 aliphatic heterocycles. The molecule has 2 amide bonds. The zero-order valence-corrected chi connectivity index (χ0v) is 10.8. The van der Waals surface area contributed by atoms with Crippen molar-refractivity contribution in [1.29, 1.82) is 0 Å². The Labute approximate surface area is 115 Å². The van der Waals surface area contributed by atoms with Gasteiger partial charge in [0.2, 0.25) is 0 Å². The fourth-order valence-electron chi connectivity index (χ4n) is 2.47.